The number of sulfonamides is 1. The zero-order chi connectivity index (χ0) is 23.6. The number of piperazine rings is 1. The van der Waals surface area contributed by atoms with Gasteiger partial charge in [0, 0.05) is 39.4 Å². The van der Waals surface area contributed by atoms with Crippen LogP contribution in [0.1, 0.15) is 16.1 Å². The minimum Gasteiger partial charge on any atom is -0.364 e. The van der Waals surface area contributed by atoms with Crippen molar-refractivity contribution in [1.82, 2.24) is 13.8 Å². The van der Waals surface area contributed by atoms with Crippen molar-refractivity contribution in [3.05, 3.63) is 78.1 Å². The van der Waals surface area contributed by atoms with Crippen LogP contribution in [0.15, 0.2) is 71.8 Å². The summed E-state index contributed by atoms with van der Waals surface area (Å²) in [6.45, 7) is 1.02. The third kappa shape index (κ3) is 4.84. The van der Waals surface area contributed by atoms with Crippen molar-refractivity contribution in [3.8, 4) is 11.1 Å². The first-order valence-corrected chi connectivity index (χ1v) is 12.1. The summed E-state index contributed by atoms with van der Waals surface area (Å²) in [5.74, 6) is -0.721. The van der Waals surface area contributed by atoms with E-state index in [1.54, 1.807) is 11.9 Å². The summed E-state index contributed by atoms with van der Waals surface area (Å²) in [4.78, 5) is 25.9. The summed E-state index contributed by atoms with van der Waals surface area (Å²) in [6, 6.07) is 19.2. The van der Waals surface area contributed by atoms with Crippen molar-refractivity contribution in [2.24, 2.45) is 12.8 Å². The van der Waals surface area contributed by atoms with E-state index in [0.29, 0.717) is 13.1 Å². The first kappa shape index (κ1) is 22.8. The largest absolute Gasteiger partial charge is 0.364 e. The fourth-order valence-electron chi connectivity index (χ4n) is 3.98. The second-order valence-corrected chi connectivity index (χ2v) is 10.00. The Morgan fingerprint density at radius 2 is 1.52 bits per heavy atom. The van der Waals surface area contributed by atoms with Crippen molar-refractivity contribution >= 4 is 21.8 Å². The van der Waals surface area contributed by atoms with Crippen molar-refractivity contribution in [2.75, 3.05) is 26.2 Å². The molecule has 1 aromatic heterocycles. The maximum atomic E-state index is 12.9. The molecule has 2 heterocycles. The Hall–Kier alpha value is -3.43. The zero-order valence-corrected chi connectivity index (χ0v) is 19.2. The van der Waals surface area contributed by atoms with Crippen molar-refractivity contribution < 1.29 is 18.0 Å². The van der Waals surface area contributed by atoms with Gasteiger partial charge in [0.15, 0.2) is 0 Å². The Morgan fingerprint density at radius 1 is 0.909 bits per heavy atom. The van der Waals surface area contributed by atoms with Gasteiger partial charge in [-0.3, -0.25) is 9.59 Å². The van der Waals surface area contributed by atoms with Gasteiger partial charge >= 0.3 is 0 Å². The van der Waals surface area contributed by atoms with Crippen LogP contribution >= 0.6 is 0 Å². The third-order valence-electron chi connectivity index (χ3n) is 5.88. The molecule has 8 nitrogen and oxygen atoms in total. The summed E-state index contributed by atoms with van der Waals surface area (Å²) in [5, 5.41) is 0. The molecule has 1 fully saturated rings. The lowest BCUT2D eigenvalue weighted by Gasteiger charge is -2.34. The highest BCUT2D eigenvalue weighted by molar-refractivity contribution is 7.89. The van der Waals surface area contributed by atoms with Gasteiger partial charge in [0.05, 0.1) is 6.42 Å². The second kappa shape index (κ2) is 9.21. The average Bonchev–Trinajstić information content (AvgIpc) is 3.23. The van der Waals surface area contributed by atoms with Gasteiger partial charge in [0.1, 0.15) is 10.6 Å². The molecule has 0 radical (unpaired) electrons. The summed E-state index contributed by atoms with van der Waals surface area (Å²) in [7, 11) is -2.20. The van der Waals surface area contributed by atoms with Gasteiger partial charge in [0.2, 0.25) is 15.9 Å². The number of nitrogens with two attached hydrogens (primary N) is 1. The van der Waals surface area contributed by atoms with E-state index in [-0.39, 0.29) is 36.0 Å². The molecule has 4 rings (SSSR count). The molecule has 0 atom stereocenters. The second-order valence-electron chi connectivity index (χ2n) is 8.06. The van der Waals surface area contributed by atoms with Gasteiger partial charge in [-0.05, 0) is 22.8 Å². The van der Waals surface area contributed by atoms with Crippen molar-refractivity contribution in [3.63, 3.8) is 0 Å². The van der Waals surface area contributed by atoms with Crippen LogP contribution in [0.5, 0.6) is 0 Å². The lowest BCUT2D eigenvalue weighted by Crippen LogP contribution is -2.50. The van der Waals surface area contributed by atoms with Crippen LogP contribution in [0.2, 0.25) is 0 Å². The molecular formula is C24H26N4O4S. The number of carbonyl (C=O) groups excluding carboxylic acids is 2. The number of benzene rings is 2. The van der Waals surface area contributed by atoms with E-state index in [2.05, 4.69) is 0 Å². The number of aryl methyl sites for hydroxylation is 1. The summed E-state index contributed by atoms with van der Waals surface area (Å²) in [6.07, 6.45) is 1.65. The number of rotatable bonds is 6. The zero-order valence-electron chi connectivity index (χ0n) is 18.3. The fourth-order valence-corrected chi connectivity index (χ4v) is 5.47. The molecule has 33 heavy (non-hydrogen) atoms. The molecule has 172 valence electrons. The van der Waals surface area contributed by atoms with Crippen LogP contribution in [0.25, 0.3) is 11.1 Å². The first-order chi connectivity index (χ1) is 15.8. The Morgan fingerprint density at radius 3 is 2.09 bits per heavy atom. The Bertz CT molecular complexity index is 1260. The molecule has 0 unspecified atom stereocenters. The number of aromatic nitrogens is 1. The van der Waals surface area contributed by atoms with E-state index < -0.39 is 15.9 Å². The molecule has 2 N–H and O–H groups in total. The number of amides is 2. The standard InChI is InChI=1S/C24H26N4O4S/c1-26-17-21(16-22(26)24(25)30)33(31,32)28-13-11-27(12-14-28)23(29)15-18-7-9-20(10-8-18)19-5-3-2-4-6-19/h2-10,16-17H,11-15H2,1H3,(H2,25,30). The van der Waals surface area contributed by atoms with E-state index in [0.717, 1.165) is 16.7 Å². The number of hydrogen-bond donors (Lipinski definition) is 1. The minimum atomic E-state index is -3.77. The number of carbonyl (C=O) groups is 2. The van der Waals surface area contributed by atoms with Crippen molar-refractivity contribution in [1.29, 1.82) is 0 Å². The fraction of sp³-hybridized carbons (Fsp3) is 0.250. The maximum Gasteiger partial charge on any atom is 0.265 e. The average molecular weight is 467 g/mol. The van der Waals surface area contributed by atoms with Crippen LogP contribution < -0.4 is 5.73 Å². The number of nitrogens with zero attached hydrogens (tertiary/aromatic N) is 3. The van der Waals surface area contributed by atoms with E-state index in [9.17, 15) is 18.0 Å². The van der Waals surface area contributed by atoms with E-state index in [1.165, 1.54) is 21.1 Å². The quantitative estimate of drug-likeness (QED) is 0.599. The highest BCUT2D eigenvalue weighted by Gasteiger charge is 2.31. The summed E-state index contributed by atoms with van der Waals surface area (Å²) >= 11 is 0. The SMILES string of the molecule is Cn1cc(S(=O)(=O)N2CCN(C(=O)Cc3ccc(-c4ccccc4)cc3)CC2)cc1C(N)=O. The Labute approximate surface area is 193 Å². The molecule has 2 amide bonds. The molecule has 3 aromatic rings. The molecule has 1 aliphatic heterocycles. The topological polar surface area (TPSA) is 106 Å². The van der Waals surface area contributed by atoms with Crippen molar-refractivity contribution in [2.45, 2.75) is 11.3 Å². The smallest absolute Gasteiger partial charge is 0.265 e. The van der Waals surface area contributed by atoms with Gasteiger partial charge in [0.25, 0.3) is 5.91 Å². The van der Waals surface area contributed by atoms with Gasteiger partial charge < -0.3 is 15.2 Å². The van der Waals surface area contributed by atoms with Gasteiger partial charge in [-0.15, -0.1) is 0 Å². The molecule has 0 spiro atoms. The van der Waals surface area contributed by atoms with E-state index >= 15 is 0 Å². The predicted octanol–water partition coefficient (Wildman–Crippen LogP) is 1.87. The van der Waals surface area contributed by atoms with Crippen LogP contribution in [-0.4, -0.2) is 60.2 Å². The van der Waals surface area contributed by atoms with Gasteiger partial charge in [-0.1, -0.05) is 54.6 Å². The van der Waals surface area contributed by atoms with E-state index in [4.69, 9.17) is 5.73 Å². The van der Waals surface area contributed by atoms with Crippen LogP contribution in [0, 0.1) is 0 Å². The van der Waals surface area contributed by atoms with Crippen LogP contribution in [-0.2, 0) is 28.3 Å². The lowest BCUT2D eigenvalue weighted by molar-refractivity contribution is -0.131. The molecular weight excluding hydrogens is 440 g/mol. The maximum absolute atomic E-state index is 12.9. The number of primary amides is 1. The molecule has 0 aliphatic carbocycles. The molecule has 0 saturated carbocycles. The molecule has 1 saturated heterocycles. The Balaban J connectivity index is 1.36. The van der Waals surface area contributed by atoms with Crippen LogP contribution in [0.3, 0.4) is 0 Å². The van der Waals surface area contributed by atoms with Gasteiger partial charge in [-0.2, -0.15) is 4.31 Å². The summed E-state index contributed by atoms with van der Waals surface area (Å²) < 4.78 is 28.6. The summed E-state index contributed by atoms with van der Waals surface area (Å²) in [5.41, 5.74) is 8.54. The molecule has 1 aliphatic rings. The minimum absolute atomic E-state index is 0.0251. The monoisotopic (exact) mass is 466 g/mol. The molecule has 0 bridgehead atoms. The van der Waals surface area contributed by atoms with E-state index in [1.807, 2.05) is 54.6 Å². The Kier molecular flexibility index (Phi) is 6.35. The lowest BCUT2D eigenvalue weighted by atomic mass is 10.0. The number of hydrogen-bond acceptors (Lipinski definition) is 4. The highest BCUT2D eigenvalue weighted by atomic mass is 32.2. The van der Waals surface area contributed by atoms with Gasteiger partial charge in [-0.25, -0.2) is 8.42 Å². The predicted molar refractivity (Wildman–Crippen MR) is 125 cm³/mol. The molecule has 2 aromatic carbocycles. The normalized spacial score (nSPS) is 14.9. The third-order valence-corrected chi connectivity index (χ3v) is 7.74. The first-order valence-electron chi connectivity index (χ1n) is 10.6. The van der Waals surface area contributed by atoms with Crippen LogP contribution in [0.4, 0.5) is 0 Å². The highest BCUT2D eigenvalue weighted by Crippen LogP contribution is 2.22. The molecule has 9 heteroatoms.